The van der Waals surface area contributed by atoms with Gasteiger partial charge in [-0.3, -0.25) is 4.79 Å². The summed E-state index contributed by atoms with van der Waals surface area (Å²) in [4.78, 5) is 21.3. The lowest BCUT2D eigenvalue weighted by Gasteiger charge is -2.15. The van der Waals surface area contributed by atoms with Gasteiger partial charge in [0.05, 0.1) is 0 Å². The molecular formula is C13H17NO3. The van der Waals surface area contributed by atoms with E-state index in [4.69, 9.17) is 4.74 Å². The summed E-state index contributed by atoms with van der Waals surface area (Å²) in [7, 11) is 0. The lowest BCUT2D eigenvalue weighted by Crippen LogP contribution is -2.09. The molecule has 0 spiro atoms. The molecule has 0 unspecified atom stereocenters. The second kappa shape index (κ2) is 5.57. The van der Waals surface area contributed by atoms with Gasteiger partial charge < -0.3 is 4.74 Å². The SMILES string of the molecule is CC(=O)COc1c(C)cc(C)c(CN=O)c1C. The second-order valence-corrected chi connectivity index (χ2v) is 4.22. The quantitative estimate of drug-likeness (QED) is 0.737. The van der Waals surface area contributed by atoms with Crippen LogP contribution in [0.25, 0.3) is 0 Å². The minimum Gasteiger partial charge on any atom is -0.485 e. The first-order valence-corrected chi connectivity index (χ1v) is 5.48. The van der Waals surface area contributed by atoms with Gasteiger partial charge in [-0.15, -0.1) is 0 Å². The van der Waals surface area contributed by atoms with Gasteiger partial charge in [0.25, 0.3) is 0 Å². The molecule has 0 amide bonds. The summed E-state index contributed by atoms with van der Waals surface area (Å²) in [5.41, 5.74) is 3.76. The molecule has 0 aliphatic carbocycles. The zero-order valence-electron chi connectivity index (χ0n) is 10.7. The fraction of sp³-hybridized carbons (Fsp3) is 0.462. The Balaban J connectivity index is 3.15. The van der Waals surface area contributed by atoms with Crippen LogP contribution < -0.4 is 4.74 Å². The van der Waals surface area contributed by atoms with Crippen LogP contribution >= 0.6 is 0 Å². The Bertz CT molecular complexity index is 452. The summed E-state index contributed by atoms with van der Waals surface area (Å²) < 4.78 is 5.48. The third-order valence-corrected chi connectivity index (χ3v) is 2.70. The highest BCUT2D eigenvalue weighted by molar-refractivity contribution is 5.77. The standard InChI is InChI=1S/C13H17NO3/c1-8-5-9(2)13(17-7-10(3)15)11(4)12(8)6-14-16/h5H,6-7H2,1-4H3. The molecule has 0 aromatic heterocycles. The van der Waals surface area contributed by atoms with Gasteiger partial charge in [0, 0.05) is 0 Å². The lowest BCUT2D eigenvalue weighted by molar-refractivity contribution is -0.118. The third-order valence-electron chi connectivity index (χ3n) is 2.70. The van der Waals surface area contributed by atoms with E-state index in [0.29, 0.717) is 5.75 Å². The molecule has 0 fully saturated rings. The zero-order chi connectivity index (χ0) is 13.0. The van der Waals surface area contributed by atoms with Gasteiger partial charge in [-0.2, -0.15) is 4.91 Å². The summed E-state index contributed by atoms with van der Waals surface area (Å²) in [6.45, 7) is 7.42. The number of carbonyl (C=O) groups is 1. The van der Waals surface area contributed by atoms with Gasteiger partial charge in [-0.25, -0.2) is 0 Å². The summed E-state index contributed by atoms with van der Waals surface area (Å²) >= 11 is 0. The second-order valence-electron chi connectivity index (χ2n) is 4.22. The maximum Gasteiger partial charge on any atom is 0.167 e. The highest BCUT2D eigenvalue weighted by Gasteiger charge is 2.12. The molecule has 0 aliphatic rings. The van der Waals surface area contributed by atoms with Crippen molar-refractivity contribution in [2.75, 3.05) is 6.61 Å². The van der Waals surface area contributed by atoms with Crippen molar-refractivity contribution in [2.45, 2.75) is 34.2 Å². The van der Waals surface area contributed by atoms with Crippen molar-refractivity contribution in [3.63, 3.8) is 0 Å². The van der Waals surface area contributed by atoms with E-state index in [0.717, 1.165) is 22.3 Å². The molecule has 0 aliphatic heterocycles. The molecular weight excluding hydrogens is 218 g/mol. The van der Waals surface area contributed by atoms with Gasteiger partial charge in [0.1, 0.15) is 18.9 Å². The van der Waals surface area contributed by atoms with Gasteiger partial charge in [0.2, 0.25) is 0 Å². The van der Waals surface area contributed by atoms with Crippen LogP contribution in [0.5, 0.6) is 5.75 Å². The van der Waals surface area contributed by atoms with Crippen molar-refractivity contribution < 1.29 is 9.53 Å². The van der Waals surface area contributed by atoms with Crippen LogP contribution in [-0.2, 0) is 11.3 Å². The van der Waals surface area contributed by atoms with E-state index in [1.165, 1.54) is 6.92 Å². The highest BCUT2D eigenvalue weighted by Crippen LogP contribution is 2.29. The fourth-order valence-corrected chi connectivity index (χ4v) is 1.91. The molecule has 1 aromatic rings. The molecule has 0 N–H and O–H groups in total. The molecule has 4 nitrogen and oxygen atoms in total. The van der Waals surface area contributed by atoms with E-state index in [1.54, 1.807) is 0 Å². The van der Waals surface area contributed by atoms with Crippen molar-refractivity contribution in [3.8, 4) is 5.75 Å². The summed E-state index contributed by atoms with van der Waals surface area (Å²) in [5.74, 6) is 0.656. The lowest BCUT2D eigenvalue weighted by atomic mass is 9.98. The van der Waals surface area contributed by atoms with Crippen LogP contribution in [0.15, 0.2) is 11.2 Å². The first-order valence-electron chi connectivity index (χ1n) is 5.48. The molecule has 0 radical (unpaired) electrons. The number of rotatable bonds is 5. The Hall–Kier alpha value is -1.71. The Morgan fingerprint density at radius 2 is 1.94 bits per heavy atom. The van der Waals surface area contributed by atoms with Gasteiger partial charge in [0.15, 0.2) is 5.78 Å². The molecule has 0 heterocycles. The van der Waals surface area contributed by atoms with E-state index in [9.17, 15) is 9.70 Å². The number of hydrogen-bond acceptors (Lipinski definition) is 4. The number of nitrogens with zero attached hydrogens (tertiary/aromatic N) is 1. The molecule has 0 saturated heterocycles. The number of nitroso groups, excluding NO2 is 1. The van der Waals surface area contributed by atoms with Crippen LogP contribution in [0.3, 0.4) is 0 Å². The number of aryl methyl sites for hydroxylation is 2. The number of ether oxygens (including phenoxy) is 1. The van der Waals surface area contributed by atoms with Crippen molar-refractivity contribution in [1.82, 2.24) is 0 Å². The number of Topliss-reactive ketones (excluding diaryl/α,β-unsaturated/α-hetero) is 1. The van der Waals surface area contributed by atoms with E-state index in [1.807, 2.05) is 26.8 Å². The van der Waals surface area contributed by atoms with E-state index in [2.05, 4.69) is 5.18 Å². The Morgan fingerprint density at radius 1 is 1.29 bits per heavy atom. The highest BCUT2D eigenvalue weighted by atomic mass is 16.5. The topological polar surface area (TPSA) is 55.7 Å². The molecule has 17 heavy (non-hydrogen) atoms. The summed E-state index contributed by atoms with van der Waals surface area (Å²) in [6, 6.07) is 1.95. The molecule has 0 bridgehead atoms. The third kappa shape index (κ3) is 3.12. The van der Waals surface area contributed by atoms with Crippen molar-refractivity contribution >= 4 is 5.78 Å². The van der Waals surface area contributed by atoms with Crippen molar-refractivity contribution in [1.29, 1.82) is 0 Å². The molecule has 0 saturated carbocycles. The number of hydrogen-bond donors (Lipinski definition) is 0. The average Bonchev–Trinajstić information content (AvgIpc) is 2.23. The summed E-state index contributed by atoms with van der Waals surface area (Å²) in [6.07, 6.45) is 0. The molecule has 0 atom stereocenters. The Kier molecular flexibility index (Phi) is 4.37. The zero-order valence-corrected chi connectivity index (χ0v) is 10.7. The van der Waals surface area contributed by atoms with Crippen LogP contribution in [0.4, 0.5) is 0 Å². The Morgan fingerprint density at radius 3 is 2.47 bits per heavy atom. The van der Waals surface area contributed by atoms with Gasteiger partial charge in [-0.1, -0.05) is 11.2 Å². The number of ketones is 1. The number of carbonyl (C=O) groups excluding carboxylic acids is 1. The number of benzene rings is 1. The van der Waals surface area contributed by atoms with Crippen LogP contribution in [0, 0.1) is 25.7 Å². The van der Waals surface area contributed by atoms with Crippen LogP contribution in [0.1, 0.15) is 29.2 Å². The van der Waals surface area contributed by atoms with Crippen LogP contribution in [0.2, 0.25) is 0 Å². The monoisotopic (exact) mass is 235 g/mol. The maximum absolute atomic E-state index is 10.9. The van der Waals surface area contributed by atoms with Crippen LogP contribution in [-0.4, -0.2) is 12.4 Å². The Labute approximate surface area is 101 Å². The minimum atomic E-state index is -0.0283. The molecule has 1 aromatic carbocycles. The maximum atomic E-state index is 10.9. The fourth-order valence-electron chi connectivity index (χ4n) is 1.91. The predicted octanol–water partition coefficient (Wildman–Crippen LogP) is 2.85. The van der Waals surface area contributed by atoms with Crippen molar-refractivity contribution in [3.05, 3.63) is 33.2 Å². The first kappa shape index (κ1) is 13.4. The first-order chi connectivity index (χ1) is 7.97. The normalized spacial score (nSPS) is 10.1. The summed E-state index contributed by atoms with van der Waals surface area (Å²) in [5, 5.41) is 2.92. The largest absolute Gasteiger partial charge is 0.485 e. The average molecular weight is 235 g/mol. The van der Waals surface area contributed by atoms with E-state index in [-0.39, 0.29) is 18.9 Å². The molecule has 4 heteroatoms. The smallest absolute Gasteiger partial charge is 0.167 e. The van der Waals surface area contributed by atoms with E-state index >= 15 is 0 Å². The van der Waals surface area contributed by atoms with Crippen molar-refractivity contribution in [2.24, 2.45) is 5.18 Å². The minimum absolute atomic E-state index is 0.0283. The molecule has 1 rings (SSSR count). The van der Waals surface area contributed by atoms with Gasteiger partial charge in [-0.05, 0) is 49.9 Å². The van der Waals surface area contributed by atoms with Gasteiger partial charge >= 0.3 is 0 Å². The molecule has 92 valence electrons. The predicted molar refractivity (Wildman–Crippen MR) is 66.3 cm³/mol. The van der Waals surface area contributed by atoms with E-state index < -0.39 is 0 Å².